The van der Waals surface area contributed by atoms with Gasteiger partial charge in [0.2, 0.25) is 0 Å². The van der Waals surface area contributed by atoms with Crippen molar-refractivity contribution in [3.8, 4) is 0 Å². The van der Waals surface area contributed by atoms with Crippen LogP contribution < -0.4 is 5.32 Å². The molecule has 2 N–H and O–H groups in total. The molecule has 2 aromatic carbocycles. The van der Waals surface area contributed by atoms with Crippen molar-refractivity contribution in [1.29, 1.82) is 0 Å². The Kier molecular flexibility index (Phi) is 8.67. The molecular formula is C28H33Cl2N3O4. The SMILES string of the molecule is CC(C)(C)OC(=O)N1CCC(COCC(NC(=O)c2ccc3c(Cl)c[nH]c3c2)c2ccccc2Cl)CC1. The van der Waals surface area contributed by atoms with Crippen LogP contribution in [0.5, 0.6) is 0 Å². The normalized spacial score (nSPS) is 15.5. The van der Waals surface area contributed by atoms with Crippen LogP contribution in [0.2, 0.25) is 10.0 Å². The standard InChI is InChI=1S/C28H33Cl2N3O4/c1-28(2,3)37-27(35)33-12-10-18(11-13-33)16-36-17-25(20-6-4-5-7-22(20)29)32-26(34)19-8-9-21-23(30)15-31-24(21)14-19/h4-9,14-15,18,25,31H,10-13,16-17H2,1-3H3,(H,32,34). The number of H-pyrrole nitrogens is 1. The summed E-state index contributed by atoms with van der Waals surface area (Å²) in [5.41, 5.74) is 1.59. The van der Waals surface area contributed by atoms with Gasteiger partial charge in [-0.05, 0) is 63.3 Å². The molecule has 1 saturated heterocycles. The smallest absolute Gasteiger partial charge is 0.410 e. The summed E-state index contributed by atoms with van der Waals surface area (Å²) in [6, 6.07) is 12.4. The van der Waals surface area contributed by atoms with Gasteiger partial charge in [0, 0.05) is 47.4 Å². The minimum atomic E-state index is -0.505. The van der Waals surface area contributed by atoms with Gasteiger partial charge in [-0.2, -0.15) is 0 Å². The summed E-state index contributed by atoms with van der Waals surface area (Å²) in [6.07, 6.45) is 3.10. The van der Waals surface area contributed by atoms with Crippen molar-refractivity contribution < 1.29 is 19.1 Å². The molecule has 0 saturated carbocycles. The van der Waals surface area contributed by atoms with Crippen molar-refractivity contribution in [2.24, 2.45) is 5.92 Å². The van der Waals surface area contributed by atoms with Gasteiger partial charge in [0.1, 0.15) is 5.60 Å². The third-order valence-electron chi connectivity index (χ3n) is 6.38. The number of aromatic nitrogens is 1. The number of hydrogen-bond donors (Lipinski definition) is 2. The van der Waals surface area contributed by atoms with Gasteiger partial charge in [-0.15, -0.1) is 0 Å². The number of hydrogen-bond acceptors (Lipinski definition) is 4. The summed E-state index contributed by atoms with van der Waals surface area (Å²) >= 11 is 12.6. The zero-order chi connectivity index (χ0) is 26.6. The number of carbonyl (C=O) groups is 2. The Morgan fingerprint density at radius 1 is 1.11 bits per heavy atom. The first-order valence-corrected chi connectivity index (χ1v) is 13.2. The molecule has 0 aliphatic carbocycles. The Morgan fingerprint density at radius 2 is 1.84 bits per heavy atom. The number of benzene rings is 2. The predicted octanol–water partition coefficient (Wildman–Crippen LogP) is 6.61. The molecule has 2 heterocycles. The number of nitrogens with one attached hydrogen (secondary N) is 2. The van der Waals surface area contributed by atoms with E-state index in [1.165, 1.54) is 0 Å². The Hall–Kier alpha value is -2.74. The van der Waals surface area contributed by atoms with Crippen LogP contribution in [-0.2, 0) is 9.47 Å². The lowest BCUT2D eigenvalue weighted by Gasteiger charge is -2.33. The van der Waals surface area contributed by atoms with Crippen LogP contribution >= 0.6 is 23.2 Å². The van der Waals surface area contributed by atoms with Crippen LogP contribution in [0.1, 0.15) is 55.6 Å². The zero-order valence-corrected chi connectivity index (χ0v) is 22.9. The van der Waals surface area contributed by atoms with Crippen molar-refractivity contribution >= 4 is 46.1 Å². The second-order valence-corrected chi connectivity index (χ2v) is 11.2. The van der Waals surface area contributed by atoms with Crippen molar-refractivity contribution in [2.45, 2.75) is 45.3 Å². The van der Waals surface area contributed by atoms with Crippen LogP contribution in [0.15, 0.2) is 48.7 Å². The number of halogens is 2. The summed E-state index contributed by atoms with van der Waals surface area (Å²) in [5.74, 6) is 0.0909. The van der Waals surface area contributed by atoms with Gasteiger partial charge in [-0.25, -0.2) is 4.79 Å². The number of fused-ring (bicyclic) bond motifs is 1. The maximum Gasteiger partial charge on any atom is 0.410 e. The molecule has 0 radical (unpaired) electrons. The molecule has 37 heavy (non-hydrogen) atoms. The van der Waals surface area contributed by atoms with Crippen LogP contribution in [0.4, 0.5) is 4.79 Å². The molecular weight excluding hydrogens is 513 g/mol. The lowest BCUT2D eigenvalue weighted by Crippen LogP contribution is -2.42. The van der Waals surface area contributed by atoms with E-state index in [1.807, 2.05) is 45.0 Å². The first-order chi connectivity index (χ1) is 17.6. The molecule has 198 valence electrons. The molecule has 0 bridgehead atoms. The van der Waals surface area contributed by atoms with E-state index in [0.29, 0.717) is 41.2 Å². The summed E-state index contributed by atoms with van der Waals surface area (Å²) in [5, 5.41) is 5.12. The fourth-order valence-electron chi connectivity index (χ4n) is 4.40. The van der Waals surface area contributed by atoms with Crippen molar-refractivity contribution in [3.63, 3.8) is 0 Å². The maximum absolute atomic E-state index is 13.1. The molecule has 1 aliphatic rings. The van der Waals surface area contributed by atoms with Gasteiger partial charge in [-0.1, -0.05) is 47.5 Å². The quantitative estimate of drug-likeness (QED) is 0.349. The van der Waals surface area contributed by atoms with Crippen LogP contribution in [0.3, 0.4) is 0 Å². The fraction of sp³-hybridized carbons (Fsp3) is 0.429. The van der Waals surface area contributed by atoms with Crippen LogP contribution in [0, 0.1) is 5.92 Å². The molecule has 0 spiro atoms. The highest BCUT2D eigenvalue weighted by Gasteiger charge is 2.27. The molecule has 1 aromatic heterocycles. The molecule has 7 nitrogen and oxygen atoms in total. The number of ether oxygens (including phenoxy) is 2. The van der Waals surface area contributed by atoms with Crippen molar-refractivity contribution in [3.05, 3.63) is 69.8 Å². The second-order valence-electron chi connectivity index (χ2n) is 10.4. The van der Waals surface area contributed by atoms with Crippen molar-refractivity contribution in [1.82, 2.24) is 15.2 Å². The number of piperidine rings is 1. The van der Waals surface area contributed by atoms with Crippen molar-refractivity contribution in [2.75, 3.05) is 26.3 Å². The highest BCUT2D eigenvalue weighted by molar-refractivity contribution is 6.35. The topological polar surface area (TPSA) is 83.7 Å². The number of amides is 2. The number of carbonyl (C=O) groups excluding carboxylic acids is 2. The van der Waals surface area contributed by atoms with E-state index in [9.17, 15) is 9.59 Å². The highest BCUT2D eigenvalue weighted by atomic mass is 35.5. The van der Waals surface area contributed by atoms with Gasteiger partial charge >= 0.3 is 6.09 Å². The molecule has 9 heteroatoms. The van der Waals surface area contributed by atoms with E-state index in [4.69, 9.17) is 32.7 Å². The molecule has 1 unspecified atom stereocenters. The van der Waals surface area contributed by atoms with E-state index in [2.05, 4.69) is 10.3 Å². The fourth-order valence-corrected chi connectivity index (χ4v) is 4.89. The predicted molar refractivity (Wildman–Crippen MR) is 146 cm³/mol. The second kappa shape index (κ2) is 11.8. The van der Waals surface area contributed by atoms with E-state index in [-0.39, 0.29) is 18.6 Å². The van der Waals surface area contributed by atoms with Crippen LogP contribution in [-0.4, -0.2) is 53.8 Å². The lowest BCUT2D eigenvalue weighted by molar-refractivity contribution is 0.0105. The van der Waals surface area contributed by atoms with Gasteiger partial charge < -0.3 is 24.7 Å². The number of rotatable bonds is 7. The van der Waals surface area contributed by atoms with E-state index >= 15 is 0 Å². The largest absolute Gasteiger partial charge is 0.444 e. The Morgan fingerprint density at radius 3 is 2.54 bits per heavy atom. The number of nitrogens with zero attached hydrogens (tertiary/aromatic N) is 1. The lowest BCUT2D eigenvalue weighted by atomic mass is 9.98. The summed E-state index contributed by atoms with van der Waals surface area (Å²) < 4.78 is 11.6. The molecule has 3 aromatic rings. The minimum absolute atomic E-state index is 0.230. The average molecular weight is 546 g/mol. The molecule has 1 fully saturated rings. The molecule has 2 amide bonds. The zero-order valence-electron chi connectivity index (χ0n) is 21.4. The van der Waals surface area contributed by atoms with Gasteiger partial charge in [0.25, 0.3) is 5.91 Å². The monoisotopic (exact) mass is 545 g/mol. The first kappa shape index (κ1) is 27.3. The highest BCUT2D eigenvalue weighted by Crippen LogP contribution is 2.27. The Balaban J connectivity index is 1.35. The van der Waals surface area contributed by atoms with E-state index in [0.717, 1.165) is 29.3 Å². The summed E-state index contributed by atoms with van der Waals surface area (Å²) in [7, 11) is 0. The third-order valence-corrected chi connectivity index (χ3v) is 7.04. The van der Waals surface area contributed by atoms with Gasteiger partial charge in [0.15, 0.2) is 0 Å². The molecule has 1 atom stereocenters. The summed E-state index contributed by atoms with van der Waals surface area (Å²) in [4.78, 5) is 30.3. The van der Waals surface area contributed by atoms with Crippen LogP contribution in [0.25, 0.3) is 10.9 Å². The molecule has 4 rings (SSSR count). The summed E-state index contributed by atoms with van der Waals surface area (Å²) in [6.45, 7) is 7.69. The van der Waals surface area contributed by atoms with Gasteiger partial charge in [0.05, 0.1) is 17.7 Å². The molecule has 1 aliphatic heterocycles. The number of aromatic amines is 1. The Labute approximate surface area is 227 Å². The maximum atomic E-state index is 13.1. The first-order valence-electron chi connectivity index (χ1n) is 12.5. The van der Waals surface area contributed by atoms with E-state index < -0.39 is 11.6 Å². The minimum Gasteiger partial charge on any atom is -0.444 e. The number of likely N-dealkylation sites (tertiary alicyclic amines) is 1. The Bertz CT molecular complexity index is 1250. The van der Waals surface area contributed by atoms with Gasteiger partial charge in [-0.3, -0.25) is 4.79 Å². The average Bonchev–Trinajstić information content (AvgIpc) is 3.23. The van der Waals surface area contributed by atoms with E-state index in [1.54, 1.807) is 29.3 Å². The third kappa shape index (κ3) is 7.18.